The molecule has 0 radical (unpaired) electrons. The van der Waals surface area contributed by atoms with E-state index in [1.807, 2.05) is 24.5 Å². The molecule has 2 aromatic heterocycles. The number of rotatable bonds is 14. The lowest BCUT2D eigenvalue weighted by Crippen LogP contribution is -2.42. The molecule has 0 spiro atoms. The number of carboxylic acid groups (broad SMARTS) is 3. The number of aliphatic hydroxyl groups is 1. The van der Waals surface area contributed by atoms with E-state index in [0.717, 1.165) is 57.8 Å². The molecule has 1 atom stereocenters. The van der Waals surface area contributed by atoms with Gasteiger partial charge in [-0.1, -0.05) is 6.07 Å². The number of hydrogen-bond acceptors (Lipinski definition) is 9. The Bertz CT molecular complexity index is 993. The maximum absolute atomic E-state index is 10.3. The second kappa shape index (κ2) is 15.8. The van der Waals surface area contributed by atoms with Crippen molar-refractivity contribution in [3.05, 3.63) is 48.0 Å². The standard InChI is InChI=1S/C19H28N4O2.C6H8O7/c1-24-13-6-12-22(15-17-7-2-4-10-20-17)16-18-9-11-21-23(18)19-8-3-5-14-25-19;7-3(8)1-6(13,5(11)12)2-4(9)10/h2,4,7,9-11,19H,3,5-6,8,12-16H2,1H3;13H,1-2H2,(H,7,8)(H,9,10)(H,11,12). The van der Waals surface area contributed by atoms with Gasteiger partial charge in [0.15, 0.2) is 11.8 Å². The predicted molar refractivity (Wildman–Crippen MR) is 133 cm³/mol. The van der Waals surface area contributed by atoms with Gasteiger partial charge in [-0.25, -0.2) is 9.48 Å². The molecule has 2 aromatic rings. The molecule has 1 aliphatic heterocycles. The average Bonchev–Trinajstić information content (AvgIpc) is 3.33. The number of carbonyl (C=O) groups is 3. The van der Waals surface area contributed by atoms with E-state index in [2.05, 4.69) is 31.8 Å². The van der Waals surface area contributed by atoms with E-state index < -0.39 is 36.4 Å². The minimum Gasteiger partial charge on any atom is -0.481 e. The number of pyridine rings is 1. The van der Waals surface area contributed by atoms with Gasteiger partial charge in [0, 0.05) is 52.4 Å². The van der Waals surface area contributed by atoms with Crippen molar-refractivity contribution >= 4 is 17.9 Å². The first-order valence-electron chi connectivity index (χ1n) is 12.3. The molecule has 0 bridgehead atoms. The van der Waals surface area contributed by atoms with E-state index in [1.165, 1.54) is 12.1 Å². The molecule has 4 N–H and O–H groups in total. The van der Waals surface area contributed by atoms with Gasteiger partial charge in [-0.3, -0.25) is 19.5 Å². The summed E-state index contributed by atoms with van der Waals surface area (Å²) < 4.78 is 13.2. The number of carboxylic acids is 3. The molecule has 0 aromatic carbocycles. The molecule has 0 amide bonds. The number of hydrogen-bond donors (Lipinski definition) is 4. The molecule has 38 heavy (non-hydrogen) atoms. The zero-order valence-electron chi connectivity index (χ0n) is 21.4. The van der Waals surface area contributed by atoms with E-state index in [0.29, 0.717) is 0 Å². The highest BCUT2D eigenvalue weighted by atomic mass is 16.5. The van der Waals surface area contributed by atoms with E-state index in [9.17, 15) is 14.4 Å². The van der Waals surface area contributed by atoms with Crippen LogP contribution in [0.5, 0.6) is 0 Å². The highest BCUT2D eigenvalue weighted by Crippen LogP contribution is 2.24. The van der Waals surface area contributed by atoms with Crippen molar-refractivity contribution in [2.24, 2.45) is 0 Å². The monoisotopic (exact) mass is 536 g/mol. The molecule has 3 heterocycles. The van der Waals surface area contributed by atoms with Crippen molar-refractivity contribution < 1.29 is 44.3 Å². The van der Waals surface area contributed by atoms with Gasteiger partial charge in [0.05, 0.1) is 24.2 Å². The molecule has 0 saturated carbocycles. The molecular formula is C25H36N4O9. The molecule has 1 fully saturated rings. The lowest BCUT2D eigenvalue weighted by atomic mass is 9.96. The topological polar surface area (TPSA) is 185 Å². The quantitative estimate of drug-likeness (QED) is 0.257. The lowest BCUT2D eigenvalue weighted by Gasteiger charge is -2.27. The summed E-state index contributed by atoms with van der Waals surface area (Å²) in [6, 6.07) is 8.16. The number of nitrogens with zero attached hydrogens (tertiary/aromatic N) is 4. The number of aromatic nitrogens is 3. The third-order valence-electron chi connectivity index (χ3n) is 5.79. The van der Waals surface area contributed by atoms with Crippen molar-refractivity contribution in [1.82, 2.24) is 19.7 Å². The minimum absolute atomic E-state index is 0.0782. The van der Waals surface area contributed by atoms with Gasteiger partial charge < -0.3 is 29.9 Å². The summed E-state index contributed by atoms with van der Waals surface area (Å²) in [5.74, 6) is -5.02. The summed E-state index contributed by atoms with van der Waals surface area (Å²) in [6.45, 7) is 4.21. The number of methoxy groups -OCH3 is 1. The van der Waals surface area contributed by atoms with Crippen LogP contribution in [0.25, 0.3) is 0 Å². The van der Waals surface area contributed by atoms with Crippen molar-refractivity contribution in [3.63, 3.8) is 0 Å². The van der Waals surface area contributed by atoms with Gasteiger partial charge >= 0.3 is 17.9 Å². The summed E-state index contributed by atoms with van der Waals surface area (Å²) in [5.41, 5.74) is -0.461. The first-order valence-corrected chi connectivity index (χ1v) is 12.3. The van der Waals surface area contributed by atoms with Crippen molar-refractivity contribution in [3.8, 4) is 0 Å². The van der Waals surface area contributed by atoms with Crippen LogP contribution in [-0.2, 0) is 36.9 Å². The third kappa shape index (κ3) is 10.5. The Morgan fingerprint density at radius 3 is 2.39 bits per heavy atom. The van der Waals surface area contributed by atoms with Gasteiger partial charge in [-0.15, -0.1) is 0 Å². The van der Waals surface area contributed by atoms with Gasteiger partial charge in [0.2, 0.25) is 0 Å². The minimum atomic E-state index is -2.74. The van der Waals surface area contributed by atoms with E-state index in [4.69, 9.17) is 29.9 Å². The van der Waals surface area contributed by atoms with E-state index >= 15 is 0 Å². The summed E-state index contributed by atoms with van der Waals surface area (Å²) in [7, 11) is 1.75. The molecule has 0 aliphatic carbocycles. The summed E-state index contributed by atoms with van der Waals surface area (Å²) in [6.07, 6.45) is 5.91. The van der Waals surface area contributed by atoms with Gasteiger partial charge in [0.25, 0.3) is 0 Å². The predicted octanol–water partition coefficient (Wildman–Crippen LogP) is 1.77. The zero-order chi connectivity index (χ0) is 28.0. The Morgan fingerprint density at radius 2 is 1.84 bits per heavy atom. The first kappa shape index (κ1) is 30.8. The first-order chi connectivity index (χ1) is 18.1. The van der Waals surface area contributed by atoms with Crippen LogP contribution < -0.4 is 0 Å². The van der Waals surface area contributed by atoms with Gasteiger partial charge in [0.1, 0.15) is 0 Å². The summed E-state index contributed by atoms with van der Waals surface area (Å²) in [4.78, 5) is 37.4. The fourth-order valence-electron chi connectivity index (χ4n) is 3.95. The molecule has 1 aliphatic rings. The largest absolute Gasteiger partial charge is 0.481 e. The number of ether oxygens (including phenoxy) is 2. The Hall–Kier alpha value is -3.39. The molecule has 1 unspecified atom stereocenters. The second-order valence-electron chi connectivity index (χ2n) is 8.94. The van der Waals surface area contributed by atoms with Crippen molar-refractivity contribution in [2.75, 3.05) is 26.9 Å². The highest BCUT2D eigenvalue weighted by Gasteiger charge is 2.40. The summed E-state index contributed by atoms with van der Waals surface area (Å²) in [5, 5.41) is 38.3. The molecular weight excluding hydrogens is 500 g/mol. The maximum Gasteiger partial charge on any atom is 0.336 e. The molecule has 13 heteroatoms. The molecule has 210 valence electrons. The van der Waals surface area contributed by atoms with E-state index in [-0.39, 0.29) is 6.23 Å². The van der Waals surface area contributed by atoms with Crippen LogP contribution in [-0.4, -0.2) is 90.5 Å². The third-order valence-corrected chi connectivity index (χ3v) is 5.79. The fourth-order valence-corrected chi connectivity index (χ4v) is 3.95. The van der Waals surface area contributed by atoms with Gasteiger partial charge in [-0.05, 0) is 43.9 Å². The maximum atomic E-state index is 10.3. The highest BCUT2D eigenvalue weighted by molar-refractivity contribution is 5.88. The normalized spacial score (nSPS) is 15.5. The Kier molecular flexibility index (Phi) is 12.8. The Labute approximate surface area is 220 Å². The van der Waals surface area contributed by atoms with Crippen LogP contribution in [0.3, 0.4) is 0 Å². The SMILES string of the molecule is COCCCN(Cc1ccccn1)Cc1ccnn1C1CCCCO1.O=C(O)CC(O)(CC(=O)O)C(=O)O. The second-order valence-corrected chi connectivity index (χ2v) is 8.94. The zero-order valence-corrected chi connectivity index (χ0v) is 21.4. The Morgan fingerprint density at radius 1 is 1.11 bits per heavy atom. The fraction of sp³-hybridized carbons (Fsp3) is 0.560. The van der Waals surface area contributed by atoms with Crippen molar-refractivity contribution in [2.45, 2.75) is 63.4 Å². The lowest BCUT2D eigenvalue weighted by molar-refractivity contribution is -0.170. The van der Waals surface area contributed by atoms with Crippen LogP contribution in [0, 0.1) is 0 Å². The van der Waals surface area contributed by atoms with Crippen LogP contribution in [0.15, 0.2) is 36.7 Å². The van der Waals surface area contributed by atoms with E-state index in [1.54, 1.807) is 7.11 Å². The number of aliphatic carboxylic acids is 3. The van der Waals surface area contributed by atoms with Crippen LogP contribution in [0.4, 0.5) is 0 Å². The summed E-state index contributed by atoms with van der Waals surface area (Å²) >= 11 is 0. The molecule has 1 saturated heterocycles. The smallest absolute Gasteiger partial charge is 0.336 e. The van der Waals surface area contributed by atoms with Crippen LogP contribution in [0.2, 0.25) is 0 Å². The Balaban J connectivity index is 0.000000332. The van der Waals surface area contributed by atoms with Crippen LogP contribution >= 0.6 is 0 Å². The molecule has 3 rings (SSSR count). The molecule has 13 nitrogen and oxygen atoms in total. The van der Waals surface area contributed by atoms with Crippen molar-refractivity contribution in [1.29, 1.82) is 0 Å². The average molecular weight is 537 g/mol. The van der Waals surface area contributed by atoms with Crippen LogP contribution in [0.1, 0.15) is 56.1 Å². The van der Waals surface area contributed by atoms with Gasteiger partial charge in [-0.2, -0.15) is 5.10 Å².